The maximum atomic E-state index is 2.59. The van der Waals surface area contributed by atoms with Crippen LogP contribution in [0.5, 0.6) is 0 Å². The average Bonchev–Trinajstić information content (AvgIpc) is 3.86. The lowest BCUT2D eigenvalue weighted by Crippen LogP contribution is -2.34. The Hall–Kier alpha value is -6.14. The van der Waals surface area contributed by atoms with Crippen LogP contribution in [0.25, 0.3) is 40.3 Å². The molecule has 0 bridgehead atoms. The quantitative estimate of drug-likeness (QED) is 0.144. The van der Waals surface area contributed by atoms with Crippen molar-refractivity contribution in [1.29, 1.82) is 0 Å². The second-order valence-corrected chi connectivity index (χ2v) is 17.9. The Morgan fingerprint density at radius 1 is 0.492 bits per heavy atom. The van der Waals surface area contributed by atoms with E-state index in [9.17, 15) is 0 Å². The van der Waals surface area contributed by atoms with Gasteiger partial charge in [0.25, 0.3) is 0 Å². The van der Waals surface area contributed by atoms with Crippen molar-refractivity contribution in [1.82, 2.24) is 0 Å². The molecule has 0 spiro atoms. The summed E-state index contributed by atoms with van der Waals surface area (Å²) < 4.78 is 5.25. The summed E-state index contributed by atoms with van der Waals surface area (Å²) in [7, 11) is 0. The maximum absolute atomic E-state index is 2.59. The number of hydrogen-bond acceptors (Lipinski definition) is 5. The number of allylic oxidation sites excluding steroid dienone is 11. The summed E-state index contributed by atoms with van der Waals surface area (Å²) in [4.78, 5) is 7.70. The SMILES string of the molecule is C1=CCCC(N(c2ccc3sc4cc(N(c5ccc6sc7ccccc7c6c5)C5C=CC=CC5)cc(N(C5=CCCC=C5)c5ccccc5)c4c3c2)C2C=CC=CC2)=C1. The van der Waals surface area contributed by atoms with Crippen molar-refractivity contribution in [2.24, 2.45) is 0 Å². The van der Waals surface area contributed by atoms with Gasteiger partial charge >= 0.3 is 0 Å². The molecule has 2 heterocycles. The molecule has 4 aliphatic rings. The van der Waals surface area contributed by atoms with E-state index in [2.05, 4.69) is 203 Å². The largest absolute Gasteiger partial charge is 0.338 e. The molecule has 0 saturated carbocycles. The average molecular weight is 800 g/mol. The maximum Gasteiger partial charge on any atom is 0.0575 e. The van der Waals surface area contributed by atoms with Crippen molar-refractivity contribution in [2.75, 3.05) is 14.7 Å². The van der Waals surface area contributed by atoms with Gasteiger partial charge in [0.1, 0.15) is 0 Å². The molecule has 5 aromatic carbocycles. The van der Waals surface area contributed by atoms with Crippen LogP contribution in [0.1, 0.15) is 38.5 Å². The van der Waals surface area contributed by atoms with E-state index >= 15 is 0 Å². The zero-order chi connectivity index (χ0) is 39.1. The van der Waals surface area contributed by atoms with Crippen LogP contribution in [-0.2, 0) is 0 Å². The van der Waals surface area contributed by atoms with Crippen molar-refractivity contribution >= 4 is 91.5 Å². The van der Waals surface area contributed by atoms with Gasteiger partial charge in [-0.2, -0.15) is 0 Å². The molecule has 0 radical (unpaired) electrons. The summed E-state index contributed by atoms with van der Waals surface area (Å²) in [5.74, 6) is 0. The monoisotopic (exact) mass is 799 g/mol. The van der Waals surface area contributed by atoms with Gasteiger partial charge < -0.3 is 14.7 Å². The van der Waals surface area contributed by atoms with E-state index in [-0.39, 0.29) is 12.1 Å². The Kier molecular flexibility index (Phi) is 9.49. The van der Waals surface area contributed by atoms with E-state index in [1.165, 1.54) is 74.5 Å². The standard InChI is InChI=1S/C54H45N3S2/c1-6-18-38(19-7-1)55(39-20-8-2-9-21-39)44-31-33-52-48(35-44)54-49(57(41-24-12-4-13-25-41)42-26-14-5-15-27-42)36-45(37-53(54)59-52)56(40-22-10-3-11-23-40)43-30-32-51-47(34-43)46-28-16-17-29-50(46)58-51/h1-4,6-8,10-14,16-18,20,22,24-38,40H,5,9,15,19,21,23H2. The first-order valence-electron chi connectivity index (χ1n) is 21.0. The Labute approximate surface area is 354 Å². The van der Waals surface area contributed by atoms with E-state index in [1.54, 1.807) is 0 Å². The first kappa shape index (κ1) is 36.0. The van der Waals surface area contributed by atoms with Gasteiger partial charge in [-0.05, 0) is 117 Å². The zero-order valence-electron chi connectivity index (χ0n) is 33.0. The Balaban J connectivity index is 1.16. The first-order valence-corrected chi connectivity index (χ1v) is 22.6. The number of thiophene rings is 2. The molecule has 2 aromatic heterocycles. The summed E-state index contributed by atoms with van der Waals surface area (Å²) in [5.41, 5.74) is 8.62. The molecule has 288 valence electrons. The highest BCUT2D eigenvalue weighted by molar-refractivity contribution is 7.26. The lowest BCUT2D eigenvalue weighted by Gasteiger charge is -2.35. The molecule has 5 heteroatoms. The normalized spacial score (nSPS) is 18.6. The minimum Gasteiger partial charge on any atom is -0.338 e. The highest BCUT2D eigenvalue weighted by Gasteiger charge is 2.27. The van der Waals surface area contributed by atoms with Gasteiger partial charge in [-0.1, -0.05) is 109 Å². The van der Waals surface area contributed by atoms with E-state index in [0.29, 0.717) is 0 Å². The number of rotatable bonds is 9. The van der Waals surface area contributed by atoms with Crippen molar-refractivity contribution in [3.05, 3.63) is 200 Å². The molecule has 59 heavy (non-hydrogen) atoms. The fourth-order valence-corrected chi connectivity index (χ4v) is 11.6. The molecule has 3 nitrogen and oxygen atoms in total. The summed E-state index contributed by atoms with van der Waals surface area (Å²) in [6, 6.07) is 39.5. The molecule has 0 aliphatic heterocycles. The predicted octanol–water partition coefficient (Wildman–Crippen LogP) is 15.7. The molecule has 4 aliphatic carbocycles. The number of para-hydroxylation sites is 1. The van der Waals surface area contributed by atoms with Gasteiger partial charge in [0.2, 0.25) is 0 Å². The number of hydrogen-bond donors (Lipinski definition) is 0. The van der Waals surface area contributed by atoms with Gasteiger partial charge in [0.05, 0.1) is 17.8 Å². The summed E-state index contributed by atoms with van der Waals surface area (Å²) >= 11 is 3.80. The van der Waals surface area contributed by atoms with Crippen LogP contribution in [0.2, 0.25) is 0 Å². The second kappa shape index (κ2) is 15.6. The second-order valence-electron chi connectivity index (χ2n) is 15.8. The minimum atomic E-state index is 0.163. The van der Waals surface area contributed by atoms with E-state index < -0.39 is 0 Å². The molecular formula is C54H45N3S2. The van der Waals surface area contributed by atoms with Crippen LogP contribution in [0.15, 0.2) is 200 Å². The topological polar surface area (TPSA) is 9.72 Å². The van der Waals surface area contributed by atoms with Crippen LogP contribution in [0, 0.1) is 0 Å². The Morgan fingerprint density at radius 3 is 1.95 bits per heavy atom. The van der Waals surface area contributed by atoms with Crippen molar-refractivity contribution in [3.63, 3.8) is 0 Å². The minimum absolute atomic E-state index is 0.163. The molecule has 7 aromatic rings. The molecular weight excluding hydrogens is 755 g/mol. The summed E-state index contributed by atoms with van der Waals surface area (Å²) in [5, 5.41) is 5.24. The number of anilines is 5. The Bertz CT molecular complexity index is 2980. The lowest BCUT2D eigenvalue weighted by molar-refractivity contribution is 0.721. The number of benzene rings is 5. The van der Waals surface area contributed by atoms with E-state index in [1.807, 2.05) is 22.7 Å². The molecule has 0 amide bonds. The van der Waals surface area contributed by atoms with Crippen LogP contribution in [-0.4, -0.2) is 12.1 Å². The van der Waals surface area contributed by atoms with Crippen LogP contribution >= 0.6 is 22.7 Å². The smallest absolute Gasteiger partial charge is 0.0575 e. The fourth-order valence-electron chi connectivity index (χ4n) is 9.37. The third-order valence-electron chi connectivity index (χ3n) is 12.1. The van der Waals surface area contributed by atoms with Crippen molar-refractivity contribution < 1.29 is 0 Å². The van der Waals surface area contributed by atoms with Crippen LogP contribution in [0.4, 0.5) is 28.4 Å². The number of fused-ring (bicyclic) bond motifs is 6. The van der Waals surface area contributed by atoms with Crippen LogP contribution < -0.4 is 14.7 Å². The molecule has 2 unspecified atom stereocenters. The van der Waals surface area contributed by atoms with E-state index in [0.717, 1.165) is 44.2 Å². The molecule has 2 atom stereocenters. The van der Waals surface area contributed by atoms with Gasteiger partial charge in [-0.25, -0.2) is 0 Å². The van der Waals surface area contributed by atoms with Gasteiger partial charge in [-0.15, -0.1) is 22.7 Å². The third kappa shape index (κ3) is 6.69. The van der Waals surface area contributed by atoms with Gasteiger partial charge in [0.15, 0.2) is 0 Å². The molecule has 11 rings (SSSR count). The zero-order valence-corrected chi connectivity index (χ0v) is 34.6. The van der Waals surface area contributed by atoms with Crippen LogP contribution in [0.3, 0.4) is 0 Å². The fraction of sp³-hybridized carbons (Fsp3) is 0.148. The third-order valence-corrected chi connectivity index (χ3v) is 14.4. The lowest BCUT2D eigenvalue weighted by atomic mass is 10.00. The molecule has 0 N–H and O–H groups in total. The van der Waals surface area contributed by atoms with Gasteiger partial charge in [0, 0.05) is 74.5 Å². The highest BCUT2D eigenvalue weighted by Crippen LogP contribution is 2.49. The number of nitrogens with zero attached hydrogens (tertiary/aromatic N) is 3. The van der Waals surface area contributed by atoms with Gasteiger partial charge in [-0.3, -0.25) is 0 Å². The predicted molar refractivity (Wildman–Crippen MR) is 258 cm³/mol. The van der Waals surface area contributed by atoms with Crippen molar-refractivity contribution in [3.8, 4) is 0 Å². The van der Waals surface area contributed by atoms with Crippen molar-refractivity contribution in [2.45, 2.75) is 50.6 Å². The van der Waals surface area contributed by atoms with E-state index in [4.69, 9.17) is 0 Å². The molecule has 0 saturated heterocycles. The first-order chi connectivity index (χ1) is 29.3. The summed E-state index contributed by atoms with van der Waals surface area (Å²) in [6.07, 6.45) is 38.2. The molecule has 0 fully saturated rings. The Morgan fingerprint density at radius 2 is 1.20 bits per heavy atom. The highest BCUT2D eigenvalue weighted by atomic mass is 32.1. The summed E-state index contributed by atoms with van der Waals surface area (Å²) in [6.45, 7) is 0.